The van der Waals surface area contributed by atoms with Gasteiger partial charge in [0, 0.05) is 10.4 Å². The molecule has 0 fully saturated rings. The van der Waals surface area contributed by atoms with E-state index in [1.807, 2.05) is 19.1 Å². The number of hydrogen-bond acceptors (Lipinski definition) is 7. The van der Waals surface area contributed by atoms with Crippen LogP contribution >= 0.6 is 43.6 Å². The van der Waals surface area contributed by atoms with Crippen molar-refractivity contribution in [3.8, 4) is 11.8 Å². The first-order valence-electron chi connectivity index (χ1n) is 10.2. The van der Waals surface area contributed by atoms with Crippen molar-refractivity contribution in [2.24, 2.45) is 5.92 Å². The molecule has 182 valence electrons. The summed E-state index contributed by atoms with van der Waals surface area (Å²) in [7, 11) is 2.70. The Bertz CT molecular complexity index is 1260. The largest absolute Gasteiger partial charge is 0.496 e. The molecular weight excluding hydrogens is 602 g/mol. The van der Waals surface area contributed by atoms with Crippen molar-refractivity contribution >= 4 is 67.1 Å². The lowest BCUT2D eigenvalue weighted by Crippen LogP contribution is -2.44. The Morgan fingerprint density at radius 1 is 1.17 bits per heavy atom. The molecule has 11 heteroatoms. The molecule has 0 unspecified atom stereocenters. The molecule has 1 heterocycles. The van der Waals surface area contributed by atoms with Crippen LogP contribution in [0.15, 0.2) is 55.9 Å². The fourth-order valence-corrected chi connectivity index (χ4v) is 5.60. The fraction of sp³-hybridized carbons (Fsp3) is 0.250. The van der Waals surface area contributed by atoms with E-state index in [1.165, 1.54) is 14.2 Å². The molecule has 0 radical (unpaired) electrons. The molecule has 0 spiro atoms. The van der Waals surface area contributed by atoms with Gasteiger partial charge in [-0.2, -0.15) is 5.26 Å². The molecule has 1 aliphatic heterocycles. The number of carbonyl (C=O) groups excluding carboxylic acids is 3. The number of halogens is 2. The van der Waals surface area contributed by atoms with E-state index in [4.69, 9.17) is 9.47 Å². The van der Waals surface area contributed by atoms with E-state index in [9.17, 15) is 19.6 Å². The highest BCUT2D eigenvalue weighted by Gasteiger charge is 2.44. The van der Waals surface area contributed by atoms with Crippen LogP contribution in [0.5, 0.6) is 5.75 Å². The number of benzene rings is 2. The number of esters is 1. The highest BCUT2D eigenvalue weighted by Crippen LogP contribution is 2.42. The lowest BCUT2D eigenvalue weighted by atomic mass is 9.78. The summed E-state index contributed by atoms with van der Waals surface area (Å²) in [6.07, 6.45) is 0. The molecule has 0 saturated heterocycles. The van der Waals surface area contributed by atoms with E-state index < -0.39 is 23.7 Å². The lowest BCUT2D eigenvalue weighted by Gasteiger charge is -2.31. The van der Waals surface area contributed by atoms with E-state index in [-0.39, 0.29) is 22.3 Å². The Morgan fingerprint density at radius 3 is 2.51 bits per heavy atom. The zero-order valence-electron chi connectivity index (χ0n) is 19.0. The molecule has 2 aromatic rings. The molecule has 0 saturated carbocycles. The zero-order valence-corrected chi connectivity index (χ0v) is 23.0. The summed E-state index contributed by atoms with van der Waals surface area (Å²) in [6, 6.07) is 12.7. The smallest absolute Gasteiger partial charge is 0.319 e. The predicted molar refractivity (Wildman–Crippen MR) is 140 cm³/mol. The van der Waals surface area contributed by atoms with Crippen LogP contribution in [-0.4, -0.2) is 37.8 Å². The minimum atomic E-state index is -1.27. The summed E-state index contributed by atoms with van der Waals surface area (Å²) in [4.78, 5) is 38.1. The number of methoxy groups -OCH3 is 2. The molecule has 35 heavy (non-hydrogen) atoms. The standard InChI is InChI=1S/C24H21Br2N3O5S/c1-12-4-6-17(15(25)8-12)28-19(30)11-35-23-14(10-27)20(21(22(31)29-23)24(32)34-3)13-5-7-18(33-2)16(26)9-13/h4-9,20-21H,11H2,1-3H3,(H,28,30)(H,29,31)/t20-,21-/m1/s1. The first kappa shape index (κ1) is 26.8. The molecular formula is C24H21Br2N3O5S. The number of allylic oxidation sites excluding steroid dienone is 1. The topological polar surface area (TPSA) is 118 Å². The van der Waals surface area contributed by atoms with Gasteiger partial charge in [-0.05, 0) is 74.2 Å². The summed E-state index contributed by atoms with van der Waals surface area (Å²) >= 11 is 7.84. The fourth-order valence-electron chi connectivity index (χ4n) is 3.60. The first-order valence-corrected chi connectivity index (χ1v) is 12.8. The number of nitrogens with one attached hydrogen (secondary N) is 2. The maximum absolute atomic E-state index is 13.0. The Hall–Kier alpha value is -2.81. The molecule has 1 aliphatic rings. The molecule has 2 aromatic carbocycles. The van der Waals surface area contributed by atoms with Crippen molar-refractivity contribution in [3.63, 3.8) is 0 Å². The second-order valence-electron chi connectivity index (χ2n) is 7.54. The number of amides is 2. The van der Waals surface area contributed by atoms with Crippen molar-refractivity contribution in [2.45, 2.75) is 12.8 Å². The monoisotopic (exact) mass is 621 g/mol. The first-order chi connectivity index (χ1) is 16.7. The molecule has 2 amide bonds. The number of aryl methyl sites for hydroxylation is 1. The minimum absolute atomic E-state index is 0.0664. The number of anilines is 1. The van der Waals surface area contributed by atoms with E-state index in [2.05, 4.69) is 48.6 Å². The Morgan fingerprint density at radius 2 is 1.91 bits per heavy atom. The zero-order chi connectivity index (χ0) is 25.7. The second kappa shape index (κ2) is 11.7. The van der Waals surface area contributed by atoms with Crippen molar-refractivity contribution in [1.82, 2.24) is 5.32 Å². The van der Waals surface area contributed by atoms with Gasteiger partial charge in [-0.1, -0.05) is 23.9 Å². The Kier molecular flexibility index (Phi) is 8.99. The van der Waals surface area contributed by atoms with Gasteiger partial charge in [-0.25, -0.2) is 0 Å². The van der Waals surface area contributed by atoms with Gasteiger partial charge in [0.15, 0.2) is 0 Å². The summed E-state index contributed by atoms with van der Waals surface area (Å²) in [5.74, 6) is -3.38. The molecule has 8 nitrogen and oxygen atoms in total. The molecule has 0 aromatic heterocycles. The van der Waals surface area contributed by atoms with E-state index >= 15 is 0 Å². The third kappa shape index (κ3) is 6.07. The summed E-state index contributed by atoms with van der Waals surface area (Å²) in [5, 5.41) is 15.6. The average molecular weight is 623 g/mol. The number of ether oxygens (including phenoxy) is 2. The van der Waals surface area contributed by atoms with Crippen LogP contribution in [0.4, 0.5) is 5.69 Å². The highest BCUT2D eigenvalue weighted by atomic mass is 79.9. The maximum atomic E-state index is 13.0. The molecule has 2 atom stereocenters. The van der Waals surface area contributed by atoms with Gasteiger partial charge in [0.05, 0.1) is 46.8 Å². The van der Waals surface area contributed by atoms with Crippen molar-refractivity contribution < 1.29 is 23.9 Å². The number of nitrogens with zero attached hydrogens (tertiary/aromatic N) is 1. The molecule has 0 bridgehead atoms. The number of nitriles is 1. The third-order valence-corrected chi connectivity index (χ3v) is 7.56. The van der Waals surface area contributed by atoms with Crippen LogP contribution in [0.25, 0.3) is 0 Å². The normalized spacial score (nSPS) is 17.3. The minimum Gasteiger partial charge on any atom is -0.496 e. The predicted octanol–water partition coefficient (Wildman–Crippen LogP) is 4.64. The van der Waals surface area contributed by atoms with Gasteiger partial charge >= 0.3 is 5.97 Å². The van der Waals surface area contributed by atoms with Crippen LogP contribution in [0.3, 0.4) is 0 Å². The number of rotatable bonds is 7. The van der Waals surface area contributed by atoms with Gasteiger partial charge in [0.25, 0.3) is 0 Å². The maximum Gasteiger partial charge on any atom is 0.319 e. The SMILES string of the molecule is COC(=O)[C@H]1C(=O)NC(SCC(=O)Nc2ccc(C)cc2Br)=C(C#N)[C@H]1c1ccc(OC)c(Br)c1. The Labute approximate surface area is 223 Å². The van der Waals surface area contributed by atoms with Gasteiger partial charge in [-0.3, -0.25) is 14.4 Å². The van der Waals surface area contributed by atoms with Crippen molar-refractivity contribution in [3.05, 3.63) is 67.1 Å². The van der Waals surface area contributed by atoms with Gasteiger partial charge in [-0.15, -0.1) is 0 Å². The van der Waals surface area contributed by atoms with Crippen LogP contribution in [0, 0.1) is 24.2 Å². The lowest BCUT2D eigenvalue weighted by molar-refractivity contribution is -0.150. The summed E-state index contributed by atoms with van der Waals surface area (Å²) in [6.45, 7) is 1.94. The molecule has 2 N–H and O–H groups in total. The number of thioether (sulfide) groups is 1. The number of hydrogen-bond donors (Lipinski definition) is 2. The van der Waals surface area contributed by atoms with Gasteiger partial charge in [0.2, 0.25) is 11.8 Å². The highest BCUT2D eigenvalue weighted by molar-refractivity contribution is 9.11. The van der Waals surface area contributed by atoms with Crippen LogP contribution < -0.4 is 15.4 Å². The Balaban J connectivity index is 1.92. The van der Waals surface area contributed by atoms with Crippen LogP contribution in [0.2, 0.25) is 0 Å². The summed E-state index contributed by atoms with van der Waals surface area (Å²) in [5.41, 5.74) is 2.35. The van der Waals surface area contributed by atoms with Crippen LogP contribution in [0.1, 0.15) is 17.0 Å². The molecule has 0 aliphatic carbocycles. The molecule has 3 rings (SSSR count). The number of carbonyl (C=O) groups is 3. The van der Waals surface area contributed by atoms with E-state index in [0.29, 0.717) is 21.5 Å². The van der Waals surface area contributed by atoms with E-state index in [1.54, 1.807) is 24.3 Å². The van der Waals surface area contributed by atoms with Gasteiger partial charge < -0.3 is 20.1 Å². The van der Waals surface area contributed by atoms with Crippen molar-refractivity contribution in [1.29, 1.82) is 5.26 Å². The summed E-state index contributed by atoms with van der Waals surface area (Å²) < 4.78 is 11.5. The quantitative estimate of drug-likeness (QED) is 0.341. The van der Waals surface area contributed by atoms with Crippen LogP contribution in [-0.2, 0) is 19.1 Å². The third-order valence-electron chi connectivity index (χ3n) is 5.26. The average Bonchev–Trinajstić information content (AvgIpc) is 2.83. The van der Waals surface area contributed by atoms with Crippen molar-refractivity contribution in [2.75, 3.05) is 25.3 Å². The van der Waals surface area contributed by atoms with E-state index in [0.717, 1.165) is 21.8 Å². The second-order valence-corrected chi connectivity index (χ2v) is 10.2. The van der Waals surface area contributed by atoms with Gasteiger partial charge in [0.1, 0.15) is 11.7 Å².